The molecule has 0 spiro atoms. The lowest BCUT2D eigenvalue weighted by molar-refractivity contribution is 1.26. The van der Waals surface area contributed by atoms with E-state index in [1.807, 2.05) is 13.0 Å². The molecule has 9 heavy (non-hydrogen) atoms. The minimum atomic E-state index is -0.298. The molecule has 46 valence electrons. The zero-order valence-corrected chi connectivity index (χ0v) is 5.94. The molecule has 2 heteroatoms. The minimum absolute atomic E-state index is 0.298. The molecule has 1 unspecified atom stereocenters. The molecular formula is C7H7ClN+. The summed E-state index contributed by atoms with van der Waals surface area (Å²) in [7, 11) is 0. The summed E-state index contributed by atoms with van der Waals surface area (Å²) in [4.78, 5) is 3.84. The SMILES string of the molecule is C=C1C=C(C)C#[N+]C1Cl. The Bertz CT molecular complexity index is 229. The summed E-state index contributed by atoms with van der Waals surface area (Å²) >= 11 is 5.66. The topological polar surface area (TPSA) is 4.36 Å². The fourth-order valence-corrected chi connectivity index (χ4v) is 0.732. The van der Waals surface area contributed by atoms with Gasteiger partial charge in [-0.3, -0.25) is 0 Å². The van der Waals surface area contributed by atoms with Gasteiger partial charge in [-0.25, -0.2) is 0 Å². The van der Waals surface area contributed by atoms with Crippen molar-refractivity contribution in [2.75, 3.05) is 0 Å². The maximum Gasteiger partial charge on any atom is 0.371 e. The van der Waals surface area contributed by atoms with E-state index in [2.05, 4.69) is 17.5 Å². The molecule has 0 N–H and O–H groups in total. The third-order valence-corrected chi connectivity index (χ3v) is 1.44. The van der Waals surface area contributed by atoms with E-state index in [4.69, 9.17) is 11.6 Å². The summed E-state index contributed by atoms with van der Waals surface area (Å²) in [5.74, 6) is 0. The number of nitrogens with zero attached hydrogens (tertiary/aromatic N) is 1. The highest BCUT2D eigenvalue weighted by atomic mass is 35.5. The van der Waals surface area contributed by atoms with E-state index in [9.17, 15) is 0 Å². The van der Waals surface area contributed by atoms with Gasteiger partial charge >= 0.3 is 11.6 Å². The molecule has 0 aromatic heterocycles. The molecule has 1 rings (SSSR count). The van der Waals surface area contributed by atoms with Crippen LogP contribution in [0.15, 0.2) is 23.8 Å². The second kappa shape index (κ2) is 2.24. The van der Waals surface area contributed by atoms with Gasteiger partial charge in [0.1, 0.15) is 0 Å². The van der Waals surface area contributed by atoms with Crippen molar-refractivity contribution in [1.82, 2.24) is 0 Å². The minimum Gasteiger partial charge on any atom is -0.0864 e. The molecule has 1 aliphatic rings. The quantitative estimate of drug-likeness (QED) is 0.360. The maximum absolute atomic E-state index is 5.66. The molecular weight excluding hydrogens is 134 g/mol. The summed E-state index contributed by atoms with van der Waals surface area (Å²) in [5.41, 5.74) is 1.53. The lowest BCUT2D eigenvalue weighted by Crippen LogP contribution is -1.96. The van der Waals surface area contributed by atoms with Crippen molar-refractivity contribution in [1.29, 1.82) is 0 Å². The van der Waals surface area contributed by atoms with Crippen LogP contribution in [0.2, 0.25) is 0 Å². The monoisotopic (exact) mass is 140 g/mol. The highest BCUT2D eigenvalue weighted by Gasteiger charge is 2.18. The predicted octanol–water partition coefficient (Wildman–Crippen LogP) is 2.40. The average Bonchev–Trinajstić information content (AvgIpc) is 1.80. The average molecular weight is 141 g/mol. The van der Waals surface area contributed by atoms with E-state index in [1.165, 1.54) is 0 Å². The van der Waals surface area contributed by atoms with E-state index < -0.39 is 0 Å². The number of alkyl halides is 1. The van der Waals surface area contributed by atoms with Gasteiger partial charge in [0.05, 0.1) is 5.57 Å². The van der Waals surface area contributed by atoms with Crippen LogP contribution in [0.25, 0.3) is 4.85 Å². The highest BCUT2D eigenvalue weighted by molar-refractivity contribution is 6.23. The predicted molar refractivity (Wildman–Crippen MR) is 39.8 cm³/mol. The van der Waals surface area contributed by atoms with E-state index in [1.54, 1.807) is 0 Å². The van der Waals surface area contributed by atoms with Crippen molar-refractivity contribution in [3.8, 4) is 6.07 Å². The fraction of sp³-hybridized carbons (Fsp3) is 0.286. The van der Waals surface area contributed by atoms with E-state index in [-0.39, 0.29) is 5.50 Å². The summed E-state index contributed by atoms with van der Waals surface area (Å²) in [6.45, 7) is 5.62. The smallest absolute Gasteiger partial charge is 0.0864 e. The van der Waals surface area contributed by atoms with Crippen LogP contribution >= 0.6 is 11.6 Å². The largest absolute Gasteiger partial charge is 0.371 e. The van der Waals surface area contributed by atoms with Crippen LogP contribution in [0, 0.1) is 6.07 Å². The van der Waals surface area contributed by atoms with Gasteiger partial charge in [0.25, 0.3) is 0 Å². The first kappa shape index (κ1) is 6.38. The van der Waals surface area contributed by atoms with Crippen LogP contribution in [0.3, 0.4) is 0 Å². The van der Waals surface area contributed by atoms with Gasteiger partial charge in [0, 0.05) is 5.57 Å². The van der Waals surface area contributed by atoms with Crippen LogP contribution in [0.1, 0.15) is 6.92 Å². The molecule has 1 aliphatic heterocycles. The van der Waals surface area contributed by atoms with Gasteiger partial charge in [-0.2, -0.15) is 0 Å². The lowest BCUT2D eigenvalue weighted by Gasteiger charge is -1.93. The Hall–Kier alpha value is -0.740. The molecule has 0 radical (unpaired) electrons. The molecule has 1 atom stereocenters. The second-order valence-electron chi connectivity index (χ2n) is 1.98. The second-order valence-corrected chi connectivity index (χ2v) is 2.39. The standard InChI is InChI=1S/C7H7ClN/c1-5-3-6(2)7(8)9-4-5/h3,7H,2H2,1H3/q+1. The van der Waals surface area contributed by atoms with Crippen LogP contribution in [0.4, 0.5) is 0 Å². The maximum atomic E-state index is 5.66. The summed E-state index contributed by atoms with van der Waals surface area (Å²) in [6, 6.07) is 2.76. The molecule has 0 saturated heterocycles. The molecule has 0 amide bonds. The van der Waals surface area contributed by atoms with Crippen molar-refractivity contribution in [3.05, 3.63) is 28.6 Å². The van der Waals surface area contributed by atoms with Gasteiger partial charge < -0.3 is 0 Å². The summed E-state index contributed by atoms with van der Waals surface area (Å²) in [5, 5.41) is 0. The van der Waals surface area contributed by atoms with Crippen LogP contribution in [-0.4, -0.2) is 5.50 Å². The van der Waals surface area contributed by atoms with Crippen LogP contribution < -0.4 is 0 Å². The summed E-state index contributed by atoms with van der Waals surface area (Å²) < 4.78 is 0. The first-order chi connectivity index (χ1) is 4.20. The molecule has 0 bridgehead atoms. The van der Waals surface area contributed by atoms with E-state index in [0.717, 1.165) is 11.1 Å². The Balaban J connectivity index is 2.91. The zero-order chi connectivity index (χ0) is 6.85. The van der Waals surface area contributed by atoms with Crippen molar-refractivity contribution in [3.63, 3.8) is 0 Å². The van der Waals surface area contributed by atoms with Gasteiger partial charge in [0.2, 0.25) is 0 Å². The van der Waals surface area contributed by atoms with E-state index in [0.29, 0.717) is 0 Å². The Morgan fingerprint density at radius 2 is 2.56 bits per heavy atom. The third-order valence-electron chi connectivity index (χ3n) is 1.06. The lowest BCUT2D eigenvalue weighted by atomic mass is 10.2. The number of rotatable bonds is 0. The highest BCUT2D eigenvalue weighted by Crippen LogP contribution is 2.16. The summed E-state index contributed by atoms with van der Waals surface area (Å²) in [6.07, 6.45) is 1.88. The first-order valence-corrected chi connectivity index (χ1v) is 3.11. The normalized spacial score (nSPS) is 24.4. The Labute approximate surface area is 59.4 Å². The van der Waals surface area contributed by atoms with Crippen molar-refractivity contribution >= 4 is 11.6 Å². The molecule has 0 aromatic rings. The van der Waals surface area contributed by atoms with Crippen LogP contribution in [-0.2, 0) is 0 Å². The third kappa shape index (κ3) is 1.34. The van der Waals surface area contributed by atoms with Gasteiger partial charge in [-0.05, 0) is 24.6 Å². The van der Waals surface area contributed by atoms with E-state index >= 15 is 0 Å². The number of halogens is 1. The van der Waals surface area contributed by atoms with Gasteiger partial charge in [-0.15, -0.1) is 0 Å². The zero-order valence-electron chi connectivity index (χ0n) is 5.19. The van der Waals surface area contributed by atoms with Crippen molar-refractivity contribution < 1.29 is 0 Å². The van der Waals surface area contributed by atoms with Crippen molar-refractivity contribution in [2.45, 2.75) is 12.4 Å². The Kier molecular flexibility index (Phi) is 1.59. The first-order valence-electron chi connectivity index (χ1n) is 2.67. The van der Waals surface area contributed by atoms with Gasteiger partial charge in [0.15, 0.2) is 0 Å². The Morgan fingerprint density at radius 1 is 1.89 bits per heavy atom. The molecule has 1 heterocycles. The Morgan fingerprint density at radius 3 is 3.00 bits per heavy atom. The number of hydrogen-bond donors (Lipinski definition) is 0. The molecule has 0 aliphatic carbocycles. The van der Waals surface area contributed by atoms with Gasteiger partial charge in [-0.1, -0.05) is 11.4 Å². The number of hydrogen-bond acceptors (Lipinski definition) is 0. The van der Waals surface area contributed by atoms with Crippen molar-refractivity contribution in [2.24, 2.45) is 0 Å². The van der Waals surface area contributed by atoms with Crippen LogP contribution in [0.5, 0.6) is 0 Å². The molecule has 0 fully saturated rings. The molecule has 1 nitrogen and oxygen atoms in total. The number of allylic oxidation sites excluding steroid dienone is 1. The fourth-order valence-electron chi connectivity index (χ4n) is 0.621. The molecule has 0 aromatic carbocycles. The molecule has 0 saturated carbocycles.